The summed E-state index contributed by atoms with van der Waals surface area (Å²) in [5, 5.41) is 11.5. The van der Waals surface area contributed by atoms with Crippen molar-refractivity contribution in [3.05, 3.63) is 36.2 Å². The summed E-state index contributed by atoms with van der Waals surface area (Å²) in [5.74, 6) is 0.892. The maximum absolute atomic E-state index is 12.1. The van der Waals surface area contributed by atoms with Gasteiger partial charge in [0.1, 0.15) is 0 Å². The van der Waals surface area contributed by atoms with Gasteiger partial charge in [-0.1, -0.05) is 32.0 Å². The smallest absolute Gasteiger partial charge is 0.212 e. The van der Waals surface area contributed by atoms with E-state index in [1.54, 1.807) is 6.92 Å². The van der Waals surface area contributed by atoms with E-state index in [1.807, 2.05) is 44.2 Å². The first-order valence-electron chi connectivity index (χ1n) is 7.23. The molecule has 1 aromatic heterocycles. The predicted molar refractivity (Wildman–Crippen MR) is 83.9 cm³/mol. The molecule has 0 aliphatic carbocycles. The monoisotopic (exact) mass is 323 g/mol. The maximum Gasteiger partial charge on any atom is 0.212 e. The van der Waals surface area contributed by atoms with Crippen LogP contribution in [0.25, 0.3) is 5.69 Å². The fourth-order valence-electron chi connectivity index (χ4n) is 1.99. The number of tetrazole rings is 1. The van der Waals surface area contributed by atoms with Crippen LogP contribution in [0.2, 0.25) is 0 Å². The van der Waals surface area contributed by atoms with Crippen molar-refractivity contribution in [3.63, 3.8) is 0 Å². The van der Waals surface area contributed by atoms with Crippen LogP contribution in [0, 0.1) is 5.92 Å². The summed E-state index contributed by atoms with van der Waals surface area (Å²) in [6.07, 6.45) is 0.617. The molecule has 1 N–H and O–H groups in total. The Labute approximate surface area is 130 Å². The van der Waals surface area contributed by atoms with Crippen LogP contribution in [0.5, 0.6) is 0 Å². The zero-order chi connectivity index (χ0) is 16.2. The van der Waals surface area contributed by atoms with E-state index in [0.29, 0.717) is 18.2 Å². The predicted octanol–water partition coefficient (Wildman–Crippen LogP) is 1.69. The number of sulfonamides is 1. The number of rotatable bonds is 7. The Balaban J connectivity index is 2.14. The molecule has 0 bridgehead atoms. The molecule has 2 aromatic rings. The lowest BCUT2D eigenvalue weighted by Gasteiger charge is -2.14. The Hall–Kier alpha value is -1.80. The molecule has 1 atom stereocenters. The van der Waals surface area contributed by atoms with Gasteiger partial charge >= 0.3 is 0 Å². The van der Waals surface area contributed by atoms with Crippen LogP contribution >= 0.6 is 0 Å². The van der Waals surface area contributed by atoms with E-state index in [2.05, 4.69) is 20.2 Å². The lowest BCUT2D eigenvalue weighted by atomic mass is 10.2. The summed E-state index contributed by atoms with van der Waals surface area (Å²) in [7, 11) is -3.36. The molecule has 2 rings (SSSR count). The van der Waals surface area contributed by atoms with E-state index in [4.69, 9.17) is 0 Å². The second kappa shape index (κ2) is 6.97. The molecule has 8 heteroatoms. The largest absolute Gasteiger partial charge is 0.212 e. The number of benzene rings is 1. The van der Waals surface area contributed by atoms with Gasteiger partial charge in [-0.25, -0.2) is 13.1 Å². The lowest BCUT2D eigenvalue weighted by Crippen LogP contribution is -2.31. The van der Waals surface area contributed by atoms with Gasteiger partial charge in [0.25, 0.3) is 0 Å². The Kier molecular flexibility index (Phi) is 5.25. The van der Waals surface area contributed by atoms with E-state index in [9.17, 15) is 8.42 Å². The number of hydrogen-bond acceptors (Lipinski definition) is 5. The standard InChI is InChI=1S/C14H21N5O2S/c1-11(2)9-10-22(20,21)16-12(3)14-15-17-18-19(14)13-7-5-4-6-8-13/h4-8,11-12,16H,9-10H2,1-3H3. The zero-order valence-electron chi connectivity index (χ0n) is 13.0. The van der Waals surface area contributed by atoms with Gasteiger partial charge in [0.15, 0.2) is 5.82 Å². The molecule has 0 amide bonds. The summed E-state index contributed by atoms with van der Waals surface area (Å²) in [6.45, 7) is 5.72. The molecule has 1 aromatic carbocycles. The van der Waals surface area contributed by atoms with Crippen molar-refractivity contribution in [1.82, 2.24) is 24.9 Å². The summed E-state index contributed by atoms with van der Waals surface area (Å²) in [6, 6.07) is 8.86. The second-order valence-corrected chi connectivity index (χ2v) is 7.50. The van der Waals surface area contributed by atoms with Crippen molar-refractivity contribution >= 4 is 10.0 Å². The minimum Gasteiger partial charge on any atom is -0.212 e. The normalized spacial score (nSPS) is 13.5. The van der Waals surface area contributed by atoms with Crippen LogP contribution < -0.4 is 4.72 Å². The maximum atomic E-state index is 12.1. The molecule has 0 saturated carbocycles. The highest BCUT2D eigenvalue weighted by Crippen LogP contribution is 2.15. The molecule has 7 nitrogen and oxygen atoms in total. The number of nitrogens with one attached hydrogen (secondary N) is 1. The molecule has 120 valence electrons. The summed E-state index contributed by atoms with van der Waals surface area (Å²) in [4.78, 5) is 0. The van der Waals surface area contributed by atoms with Crippen LogP contribution in [-0.2, 0) is 10.0 Å². The quantitative estimate of drug-likeness (QED) is 0.837. The van der Waals surface area contributed by atoms with Crippen LogP contribution in [0.1, 0.15) is 39.1 Å². The van der Waals surface area contributed by atoms with E-state index in [-0.39, 0.29) is 5.75 Å². The highest BCUT2D eigenvalue weighted by atomic mass is 32.2. The molecular weight excluding hydrogens is 302 g/mol. The summed E-state index contributed by atoms with van der Waals surface area (Å²) in [5.41, 5.74) is 0.788. The SMILES string of the molecule is CC(C)CCS(=O)(=O)NC(C)c1nnnn1-c1ccccc1. The van der Waals surface area contributed by atoms with Gasteiger partial charge in [-0.05, 0) is 41.8 Å². The van der Waals surface area contributed by atoms with Gasteiger partial charge in [0.2, 0.25) is 10.0 Å². The molecule has 22 heavy (non-hydrogen) atoms. The first-order chi connectivity index (χ1) is 10.4. The number of nitrogens with zero attached hydrogens (tertiary/aromatic N) is 4. The first-order valence-corrected chi connectivity index (χ1v) is 8.88. The van der Waals surface area contributed by atoms with Crippen molar-refractivity contribution < 1.29 is 8.42 Å². The molecule has 0 aliphatic rings. The van der Waals surface area contributed by atoms with Gasteiger partial charge in [-0.2, -0.15) is 4.68 Å². The number of aromatic nitrogens is 4. The Morgan fingerprint density at radius 3 is 2.50 bits per heavy atom. The molecule has 0 radical (unpaired) electrons. The Bertz CT molecular complexity index is 697. The van der Waals surface area contributed by atoms with Gasteiger partial charge in [-0.3, -0.25) is 0 Å². The highest BCUT2D eigenvalue weighted by Gasteiger charge is 2.21. The fraction of sp³-hybridized carbons (Fsp3) is 0.500. The van der Waals surface area contributed by atoms with Crippen LogP contribution in [0.3, 0.4) is 0 Å². The minimum absolute atomic E-state index is 0.0991. The molecule has 1 heterocycles. The van der Waals surface area contributed by atoms with Crippen molar-refractivity contribution in [2.75, 3.05) is 5.75 Å². The van der Waals surface area contributed by atoms with Crippen LogP contribution in [0.4, 0.5) is 0 Å². The van der Waals surface area contributed by atoms with Crippen molar-refractivity contribution in [3.8, 4) is 5.69 Å². The number of hydrogen-bond donors (Lipinski definition) is 1. The minimum atomic E-state index is -3.36. The first kappa shape index (κ1) is 16.6. The fourth-order valence-corrected chi connectivity index (χ4v) is 3.53. The highest BCUT2D eigenvalue weighted by molar-refractivity contribution is 7.89. The van der Waals surface area contributed by atoms with E-state index in [0.717, 1.165) is 5.69 Å². The molecule has 1 unspecified atom stereocenters. The van der Waals surface area contributed by atoms with Crippen LogP contribution in [-0.4, -0.2) is 34.4 Å². The molecule has 0 saturated heterocycles. The number of para-hydroxylation sites is 1. The molecule has 0 fully saturated rings. The Morgan fingerprint density at radius 2 is 1.86 bits per heavy atom. The van der Waals surface area contributed by atoms with E-state index < -0.39 is 16.1 Å². The summed E-state index contributed by atoms with van der Waals surface area (Å²) < 4.78 is 28.4. The molecular formula is C14H21N5O2S. The average Bonchev–Trinajstić information content (AvgIpc) is 2.95. The van der Waals surface area contributed by atoms with Crippen molar-refractivity contribution in [2.24, 2.45) is 5.92 Å². The topological polar surface area (TPSA) is 89.8 Å². The average molecular weight is 323 g/mol. The third-order valence-corrected chi connectivity index (χ3v) is 4.69. The molecule has 0 aliphatic heterocycles. The van der Waals surface area contributed by atoms with Gasteiger partial charge in [0.05, 0.1) is 17.5 Å². The van der Waals surface area contributed by atoms with Gasteiger partial charge < -0.3 is 0 Å². The third-order valence-electron chi connectivity index (χ3n) is 3.20. The zero-order valence-corrected chi connectivity index (χ0v) is 13.8. The third kappa shape index (κ3) is 4.35. The van der Waals surface area contributed by atoms with E-state index >= 15 is 0 Å². The van der Waals surface area contributed by atoms with Crippen LogP contribution in [0.15, 0.2) is 30.3 Å². The van der Waals surface area contributed by atoms with Gasteiger partial charge in [-0.15, -0.1) is 5.10 Å². The second-order valence-electron chi connectivity index (χ2n) is 5.63. The molecule has 0 spiro atoms. The van der Waals surface area contributed by atoms with Crippen molar-refractivity contribution in [2.45, 2.75) is 33.2 Å². The van der Waals surface area contributed by atoms with Gasteiger partial charge in [0, 0.05) is 0 Å². The lowest BCUT2D eigenvalue weighted by molar-refractivity contribution is 0.541. The van der Waals surface area contributed by atoms with Crippen molar-refractivity contribution in [1.29, 1.82) is 0 Å². The Morgan fingerprint density at radius 1 is 1.18 bits per heavy atom. The van der Waals surface area contributed by atoms with E-state index in [1.165, 1.54) is 4.68 Å². The summed E-state index contributed by atoms with van der Waals surface area (Å²) >= 11 is 0.